The number of halogens is 1. The van der Waals surface area contributed by atoms with Crippen molar-refractivity contribution in [3.63, 3.8) is 0 Å². The molecule has 0 heterocycles. The first-order valence-corrected chi connectivity index (χ1v) is 6.36. The van der Waals surface area contributed by atoms with Crippen LogP contribution in [0, 0.1) is 24.6 Å². The predicted molar refractivity (Wildman–Crippen MR) is 77.8 cm³/mol. The second-order valence-corrected chi connectivity index (χ2v) is 4.43. The Balaban J connectivity index is 2.12. The molecular formula is C17H16FNO. The van der Waals surface area contributed by atoms with Crippen LogP contribution in [0.15, 0.2) is 42.5 Å². The molecule has 0 radical (unpaired) electrons. The summed E-state index contributed by atoms with van der Waals surface area (Å²) in [6.45, 7) is 2.61. The number of hydrogen-bond donors (Lipinski definition) is 1. The molecule has 0 unspecified atom stereocenters. The van der Waals surface area contributed by atoms with Crippen molar-refractivity contribution in [2.75, 3.05) is 6.54 Å². The predicted octanol–water partition coefficient (Wildman–Crippen LogP) is 3.02. The SMILES string of the molecule is Cc1cccc(COc2cc(C#CCN)ccc2F)c1. The van der Waals surface area contributed by atoms with Crippen molar-refractivity contribution < 1.29 is 9.13 Å². The number of ether oxygens (including phenoxy) is 1. The van der Waals surface area contributed by atoms with Crippen molar-refractivity contribution in [3.8, 4) is 17.6 Å². The summed E-state index contributed by atoms with van der Waals surface area (Å²) in [5.41, 5.74) is 8.16. The van der Waals surface area contributed by atoms with Crippen molar-refractivity contribution in [1.82, 2.24) is 0 Å². The van der Waals surface area contributed by atoms with E-state index in [2.05, 4.69) is 11.8 Å². The zero-order chi connectivity index (χ0) is 14.4. The topological polar surface area (TPSA) is 35.2 Å². The highest BCUT2D eigenvalue weighted by molar-refractivity contribution is 5.41. The Morgan fingerprint density at radius 2 is 2.05 bits per heavy atom. The minimum atomic E-state index is -0.393. The van der Waals surface area contributed by atoms with Gasteiger partial charge in [0.2, 0.25) is 0 Å². The van der Waals surface area contributed by atoms with Gasteiger partial charge in [0, 0.05) is 5.56 Å². The Hall–Kier alpha value is -2.31. The fraction of sp³-hybridized carbons (Fsp3) is 0.176. The van der Waals surface area contributed by atoms with Gasteiger partial charge in [-0.05, 0) is 30.7 Å². The third-order valence-electron chi connectivity index (χ3n) is 2.74. The molecule has 2 nitrogen and oxygen atoms in total. The van der Waals surface area contributed by atoms with Crippen molar-refractivity contribution in [2.45, 2.75) is 13.5 Å². The standard InChI is InChI=1S/C17H16FNO/c1-13-4-2-5-15(10-13)12-20-17-11-14(6-3-9-19)7-8-16(17)18/h2,4-5,7-8,10-11H,9,12,19H2,1H3. The quantitative estimate of drug-likeness (QED) is 0.869. The highest BCUT2D eigenvalue weighted by atomic mass is 19.1. The van der Waals surface area contributed by atoms with E-state index in [0.29, 0.717) is 12.2 Å². The van der Waals surface area contributed by atoms with Crippen LogP contribution in [0.1, 0.15) is 16.7 Å². The molecule has 0 aliphatic heterocycles. The summed E-state index contributed by atoms with van der Waals surface area (Å²) in [5, 5.41) is 0. The van der Waals surface area contributed by atoms with Gasteiger partial charge in [0.15, 0.2) is 11.6 Å². The summed E-state index contributed by atoms with van der Waals surface area (Å²) >= 11 is 0. The van der Waals surface area contributed by atoms with E-state index in [1.165, 1.54) is 6.07 Å². The number of hydrogen-bond acceptors (Lipinski definition) is 2. The Bertz CT molecular complexity index is 656. The molecule has 0 bridgehead atoms. The Kier molecular flexibility index (Phi) is 4.75. The lowest BCUT2D eigenvalue weighted by molar-refractivity contribution is 0.290. The van der Waals surface area contributed by atoms with Gasteiger partial charge in [0.05, 0.1) is 6.54 Å². The molecule has 2 rings (SSSR count). The van der Waals surface area contributed by atoms with Gasteiger partial charge in [-0.25, -0.2) is 4.39 Å². The number of benzene rings is 2. The molecular weight excluding hydrogens is 253 g/mol. The molecule has 0 saturated carbocycles. The highest BCUT2D eigenvalue weighted by Gasteiger charge is 2.04. The van der Waals surface area contributed by atoms with Crippen LogP contribution in [0.4, 0.5) is 4.39 Å². The normalized spacial score (nSPS) is 9.75. The molecule has 0 aliphatic carbocycles. The van der Waals surface area contributed by atoms with E-state index in [0.717, 1.165) is 11.1 Å². The second kappa shape index (κ2) is 6.74. The van der Waals surface area contributed by atoms with Crippen LogP contribution in [-0.2, 0) is 6.61 Å². The molecule has 0 atom stereocenters. The maximum absolute atomic E-state index is 13.7. The van der Waals surface area contributed by atoms with Gasteiger partial charge in [-0.2, -0.15) is 0 Å². The largest absolute Gasteiger partial charge is 0.486 e. The first-order valence-electron chi connectivity index (χ1n) is 6.36. The van der Waals surface area contributed by atoms with Crippen molar-refractivity contribution in [3.05, 3.63) is 65.0 Å². The lowest BCUT2D eigenvalue weighted by atomic mass is 10.1. The van der Waals surface area contributed by atoms with E-state index < -0.39 is 5.82 Å². The van der Waals surface area contributed by atoms with Gasteiger partial charge < -0.3 is 10.5 Å². The highest BCUT2D eigenvalue weighted by Crippen LogP contribution is 2.20. The first-order chi connectivity index (χ1) is 9.69. The summed E-state index contributed by atoms with van der Waals surface area (Å²) in [6.07, 6.45) is 0. The lowest BCUT2D eigenvalue weighted by Crippen LogP contribution is -1.98. The molecule has 2 aromatic carbocycles. The average molecular weight is 269 g/mol. The third-order valence-corrected chi connectivity index (χ3v) is 2.74. The molecule has 0 aromatic heterocycles. The van der Waals surface area contributed by atoms with Crippen LogP contribution < -0.4 is 10.5 Å². The smallest absolute Gasteiger partial charge is 0.165 e. The average Bonchev–Trinajstić information content (AvgIpc) is 2.45. The molecule has 0 saturated heterocycles. The summed E-state index contributed by atoms with van der Waals surface area (Å²) < 4.78 is 19.2. The molecule has 102 valence electrons. The maximum atomic E-state index is 13.7. The lowest BCUT2D eigenvalue weighted by Gasteiger charge is -2.08. The third kappa shape index (κ3) is 3.84. The van der Waals surface area contributed by atoms with Crippen LogP contribution in [0.25, 0.3) is 0 Å². The van der Waals surface area contributed by atoms with Crippen LogP contribution >= 0.6 is 0 Å². The van der Waals surface area contributed by atoms with E-state index in [1.807, 2.05) is 31.2 Å². The Morgan fingerprint density at radius 3 is 2.80 bits per heavy atom. The molecule has 20 heavy (non-hydrogen) atoms. The van der Waals surface area contributed by atoms with Crippen molar-refractivity contribution >= 4 is 0 Å². The molecule has 0 amide bonds. The number of aryl methyl sites for hydroxylation is 1. The molecule has 2 aromatic rings. The van der Waals surface area contributed by atoms with Gasteiger partial charge in [0.1, 0.15) is 6.61 Å². The van der Waals surface area contributed by atoms with Gasteiger partial charge >= 0.3 is 0 Å². The van der Waals surface area contributed by atoms with E-state index >= 15 is 0 Å². The maximum Gasteiger partial charge on any atom is 0.165 e. The summed E-state index contributed by atoms with van der Waals surface area (Å²) in [4.78, 5) is 0. The van der Waals surface area contributed by atoms with Gasteiger partial charge in [-0.3, -0.25) is 0 Å². The monoisotopic (exact) mass is 269 g/mol. The molecule has 0 aliphatic rings. The zero-order valence-electron chi connectivity index (χ0n) is 11.3. The van der Waals surface area contributed by atoms with Crippen molar-refractivity contribution in [1.29, 1.82) is 0 Å². The summed E-state index contributed by atoms with van der Waals surface area (Å²) in [6, 6.07) is 12.5. The van der Waals surface area contributed by atoms with Crippen molar-refractivity contribution in [2.24, 2.45) is 5.73 Å². The van der Waals surface area contributed by atoms with E-state index in [1.54, 1.807) is 12.1 Å². The fourth-order valence-corrected chi connectivity index (χ4v) is 1.81. The zero-order valence-corrected chi connectivity index (χ0v) is 11.3. The van der Waals surface area contributed by atoms with Gasteiger partial charge in [-0.1, -0.05) is 41.7 Å². The fourth-order valence-electron chi connectivity index (χ4n) is 1.81. The first kappa shape index (κ1) is 14.1. The Labute approximate surface area is 118 Å². The van der Waals surface area contributed by atoms with Gasteiger partial charge in [-0.15, -0.1) is 0 Å². The summed E-state index contributed by atoms with van der Waals surface area (Å²) in [5.74, 6) is 5.40. The number of nitrogens with two attached hydrogens (primary N) is 1. The van der Waals surface area contributed by atoms with Crippen LogP contribution in [0.5, 0.6) is 5.75 Å². The van der Waals surface area contributed by atoms with E-state index in [9.17, 15) is 4.39 Å². The van der Waals surface area contributed by atoms with Crippen LogP contribution in [-0.4, -0.2) is 6.54 Å². The minimum absolute atomic E-state index is 0.204. The number of rotatable bonds is 3. The molecule has 3 heteroatoms. The van der Waals surface area contributed by atoms with E-state index in [4.69, 9.17) is 10.5 Å². The van der Waals surface area contributed by atoms with Crippen LogP contribution in [0.2, 0.25) is 0 Å². The Morgan fingerprint density at radius 1 is 1.20 bits per heavy atom. The van der Waals surface area contributed by atoms with E-state index in [-0.39, 0.29) is 12.3 Å². The second-order valence-electron chi connectivity index (χ2n) is 4.43. The molecule has 0 spiro atoms. The molecule has 2 N–H and O–H groups in total. The minimum Gasteiger partial charge on any atom is -0.486 e. The summed E-state index contributed by atoms with van der Waals surface area (Å²) in [7, 11) is 0. The van der Waals surface area contributed by atoms with Crippen LogP contribution in [0.3, 0.4) is 0 Å². The van der Waals surface area contributed by atoms with Gasteiger partial charge in [0.25, 0.3) is 0 Å². The molecule has 0 fully saturated rings.